The number of hydrogen-bond acceptors (Lipinski definition) is 2. The highest BCUT2D eigenvalue weighted by molar-refractivity contribution is 5.39. The van der Waals surface area contributed by atoms with Gasteiger partial charge in [0.2, 0.25) is 0 Å². The number of para-hydroxylation sites is 1. The summed E-state index contributed by atoms with van der Waals surface area (Å²) in [6.07, 6.45) is 0. The number of rotatable bonds is 4. The second-order valence-electron chi connectivity index (χ2n) is 4.13. The first-order valence-corrected chi connectivity index (χ1v) is 5.88. The molecule has 2 rings (SSSR count). The van der Waals surface area contributed by atoms with Gasteiger partial charge in [-0.15, -0.1) is 0 Å². The summed E-state index contributed by atoms with van der Waals surface area (Å²) in [7, 11) is 1.87. The summed E-state index contributed by atoms with van der Waals surface area (Å²) in [5.41, 5.74) is 1.58. The minimum absolute atomic E-state index is 0.263. The zero-order valence-corrected chi connectivity index (χ0v) is 10.5. The Kier molecular flexibility index (Phi) is 3.95. The zero-order chi connectivity index (χ0) is 13.0. The van der Waals surface area contributed by atoms with Crippen LogP contribution in [-0.4, -0.2) is 7.05 Å². The van der Waals surface area contributed by atoms with Crippen LogP contribution in [0.4, 0.5) is 4.39 Å². The van der Waals surface area contributed by atoms with Gasteiger partial charge in [0.1, 0.15) is 5.75 Å². The molecule has 0 atom stereocenters. The lowest BCUT2D eigenvalue weighted by atomic mass is 10.2. The van der Waals surface area contributed by atoms with Gasteiger partial charge in [-0.25, -0.2) is 4.39 Å². The van der Waals surface area contributed by atoms with Crippen molar-refractivity contribution in [1.82, 2.24) is 5.32 Å². The molecule has 0 saturated heterocycles. The minimum atomic E-state index is -0.309. The Balaban J connectivity index is 2.31. The van der Waals surface area contributed by atoms with Crippen molar-refractivity contribution in [3.63, 3.8) is 0 Å². The third-order valence-electron chi connectivity index (χ3n) is 2.72. The van der Waals surface area contributed by atoms with Gasteiger partial charge >= 0.3 is 0 Å². The molecule has 0 aliphatic carbocycles. The van der Waals surface area contributed by atoms with E-state index in [4.69, 9.17) is 4.74 Å². The number of halogens is 1. The molecular weight excluding hydrogens is 229 g/mol. The van der Waals surface area contributed by atoms with Crippen LogP contribution in [0.25, 0.3) is 0 Å². The second-order valence-corrected chi connectivity index (χ2v) is 4.13. The van der Waals surface area contributed by atoms with E-state index < -0.39 is 0 Å². The van der Waals surface area contributed by atoms with Gasteiger partial charge in [-0.05, 0) is 31.7 Å². The van der Waals surface area contributed by atoms with Crippen LogP contribution in [0.3, 0.4) is 0 Å². The summed E-state index contributed by atoms with van der Waals surface area (Å²) in [6, 6.07) is 12.8. The molecular formula is C15H16FNO. The molecule has 1 N–H and O–H groups in total. The van der Waals surface area contributed by atoms with E-state index in [1.54, 1.807) is 25.1 Å². The first kappa shape index (κ1) is 12.6. The third kappa shape index (κ3) is 2.68. The van der Waals surface area contributed by atoms with Gasteiger partial charge in [0, 0.05) is 12.1 Å². The second kappa shape index (κ2) is 5.65. The maximum absolute atomic E-state index is 13.9. The van der Waals surface area contributed by atoms with Crippen molar-refractivity contribution >= 4 is 0 Å². The average Bonchev–Trinajstić information content (AvgIpc) is 2.37. The highest BCUT2D eigenvalue weighted by Gasteiger charge is 2.09. The lowest BCUT2D eigenvalue weighted by molar-refractivity contribution is 0.434. The van der Waals surface area contributed by atoms with Crippen molar-refractivity contribution in [3.05, 3.63) is 59.4 Å². The molecule has 0 saturated carbocycles. The van der Waals surface area contributed by atoms with E-state index in [-0.39, 0.29) is 11.6 Å². The molecule has 0 heterocycles. The Morgan fingerprint density at radius 1 is 1.06 bits per heavy atom. The van der Waals surface area contributed by atoms with Crippen molar-refractivity contribution in [2.75, 3.05) is 7.05 Å². The van der Waals surface area contributed by atoms with Crippen molar-refractivity contribution < 1.29 is 9.13 Å². The van der Waals surface area contributed by atoms with Crippen molar-refractivity contribution in [2.45, 2.75) is 13.5 Å². The fourth-order valence-corrected chi connectivity index (χ4v) is 1.76. The molecule has 3 heteroatoms. The standard InChI is InChI=1S/C15H16FNO/c1-11-6-5-9-14(15(11)16)18-13-8-4-3-7-12(13)10-17-2/h3-9,17H,10H2,1-2H3. The predicted octanol–water partition coefficient (Wildman–Crippen LogP) is 3.65. The first-order chi connectivity index (χ1) is 8.72. The van der Waals surface area contributed by atoms with Gasteiger partial charge in [-0.3, -0.25) is 0 Å². The number of nitrogens with one attached hydrogen (secondary N) is 1. The van der Waals surface area contributed by atoms with E-state index in [1.807, 2.05) is 31.3 Å². The third-order valence-corrected chi connectivity index (χ3v) is 2.72. The number of aryl methyl sites for hydroxylation is 1. The smallest absolute Gasteiger partial charge is 0.168 e. The molecule has 0 aliphatic rings. The lowest BCUT2D eigenvalue weighted by Gasteiger charge is -2.12. The normalized spacial score (nSPS) is 10.4. The van der Waals surface area contributed by atoms with Crippen LogP contribution in [-0.2, 0) is 6.54 Å². The highest BCUT2D eigenvalue weighted by atomic mass is 19.1. The van der Waals surface area contributed by atoms with E-state index in [1.165, 1.54) is 0 Å². The maximum atomic E-state index is 13.9. The van der Waals surface area contributed by atoms with Gasteiger partial charge in [-0.1, -0.05) is 30.3 Å². The van der Waals surface area contributed by atoms with Crippen molar-refractivity contribution in [2.24, 2.45) is 0 Å². The van der Waals surface area contributed by atoms with Gasteiger partial charge in [-0.2, -0.15) is 0 Å². The van der Waals surface area contributed by atoms with Gasteiger partial charge in [0.15, 0.2) is 11.6 Å². The molecule has 18 heavy (non-hydrogen) atoms. The van der Waals surface area contributed by atoms with E-state index in [0.717, 1.165) is 5.56 Å². The largest absolute Gasteiger partial charge is 0.454 e. The van der Waals surface area contributed by atoms with Crippen LogP contribution in [0.5, 0.6) is 11.5 Å². The summed E-state index contributed by atoms with van der Waals surface area (Å²) >= 11 is 0. The molecule has 0 spiro atoms. The Labute approximate surface area is 106 Å². The number of benzene rings is 2. The topological polar surface area (TPSA) is 21.3 Å². The number of ether oxygens (including phenoxy) is 1. The number of hydrogen-bond donors (Lipinski definition) is 1. The zero-order valence-electron chi connectivity index (χ0n) is 10.5. The predicted molar refractivity (Wildman–Crippen MR) is 70.4 cm³/mol. The molecule has 94 valence electrons. The van der Waals surface area contributed by atoms with Crippen LogP contribution in [0.15, 0.2) is 42.5 Å². The lowest BCUT2D eigenvalue weighted by Crippen LogP contribution is -2.06. The van der Waals surface area contributed by atoms with Gasteiger partial charge in [0.05, 0.1) is 0 Å². The SMILES string of the molecule is CNCc1ccccc1Oc1cccc(C)c1F. The quantitative estimate of drug-likeness (QED) is 0.887. The molecule has 0 radical (unpaired) electrons. The minimum Gasteiger partial charge on any atom is -0.454 e. The molecule has 0 aromatic heterocycles. The Hall–Kier alpha value is -1.87. The van der Waals surface area contributed by atoms with Crippen LogP contribution in [0.1, 0.15) is 11.1 Å². The molecule has 0 fully saturated rings. The highest BCUT2D eigenvalue weighted by Crippen LogP contribution is 2.28. The fraction of sp³-hybridized carbons (Fsp3) is 0.200. The molecule has 2 aromatic rings. The molecule has 0 unspecified atom stereocenters. The molecule has 2 nitrogen and oxygen atoms in total. The molecule has 2 aromatic carbocycles. The summed E-state index contributed by atoms with van der Waals surface area (Å²) in [6.45, 7) is 2.41. The Bertz CT molecular complexity index is 540. The summed E-state index contributed by atoms with van der Waals surface area (Å²) in [5.74, 6) is 0.631. The van der Waals surface area contributed by atoms with Gasteiger partial charge in [0.25, 0.3) is 0 Å². The van der Waals surface area contributed by atoms with E-state index >= 15 is 0 Å². The molecule has 0 aliphatic heterocycles. The van der Waals surface area contributed by atoms with Gasteiger partial charge < -0.3 is 10.1 Å². The molecule has 0 bridgehead atoms. The van der Waals surface area contributed by atoms with Crippen LogP contribution in [0, 0.1) is 12.7 Å². The van der Waals surface area contributed by atoms with Crippen LogP contribution in [0.2, 0.25) is 0 Å². The van der Waals surface area contributed by atoms with Crippen LogP contribution < -0.4 is 10.1 Å². The van der Waals surface area contributed by atoms with Crippen molar-refractivity contribution in [1.29, 1.82) is 0 Å². The van der Waals surface area contributed by atoms with E-state index in [0.29, 0.717) is 17.9 Å². The summed E-state index contributed by atoms with van der Waals surface area (Å²) in [4.78, 5) is 0. The monoisotopic (exact) mass is 245 g/mol. The van der Waals surface area contributed by atoms with Crippen molar-refractivity contribution in [3.8, 4) is 11.5 Å². The molecule has 0 amide bonds. The van der Waals surface area contributed by atoms with E-state index in [2.05, 4.69) is 5.32 Å². The Morgan fingerprint density at radius 2 is 1.78 bits per heavy atom. The first-order valence-electron chi connectivity index (χ1n) is 5.88. The average molecular weight is 245 g/mol. The maximum Gasteiger partial charge on any atom is 0.168 e. The summed E-state index contributed by atoms with van der Waals surface area (Å²) < 4.78 is 19.5. The summed E-state index contributed by atoms with van der Waals surface area (Å²) in [5, 5.41) is 3.06. The Morgan fingerprint density at radius 3 is 2.56 bits per heavy atom. The fourth-order valence-electron chi connectivity index (χ4n) is 1.76. The van der Waals surface area contributed by atoms with E-state index in [9.17, 15) is 4.39 Å². The van der Waals surface area contributed by atoms with Crippen LogP contribution >= 0.6 is 0 Å².